The molecule has 3 heterocycles. The predicted octanol–water partition coefficient (Wildman–Crippen LogP) is 1.81. The minimum atomic E-state index is 0. The quantitative estimate of drug-likeness (QED) is 0.233. The molecule has 0 saturated carbocycles. The van der Waals surface area contributed by atoms with Crippen molar-refractivity contribution in [1.82, 2.24) is 34.9 Å². The number of hydrogen-bond donors (Lipinski definition) is 1. The number of hydrogen-bond acceptors (Lipinski definition) is 7. The maximum atomic E-state index is 5.42. The molecule has 0 amide bonds. The summed E-state index contributed by atoms with van der Waals surface area (Å²) in [5.41, 5.74) is 1.06. The van der Waals surface area contributed by atoms with Crippen molar-refractivity contribution in [2.24, 2.45) is 12.0 Å². The number of aliphatic imine (C=N–C) groups is 1. The molecule has 0 spiro atoms. The SMILES string of the molecule is Cc1nc(CN(C)C(=NCc2nnc(C)n2C)NCCCN2CCOCC2)cs1.I. The van der Waals surface area contributed by atoms with Gasteiger partial charge in [-0.2, -0.15) is 0 Å². The van der Waals surface area contributed by atoms with E-state index in [4.69, 9.17) is 9.73 Å². The highest BCUT2D eigenvalue weighted by Crippen LogP contribution is 2.10. The largest absolute Gasteiger partial charge is 0.379 e. The molecule has 0 aliphatic carbocycles. The second kappa shape index (κ2) is 12.5. The molecule has 1 fully saturated rings. The van der Waals surface area contributed by atoms with Gasteiger partial charge in [-0.1, -0.05) is 0 Å². The fraction of sp³-hybridized carbons (Fsp3) is 0.684. The van der Waals surface area contributed by atoms with Gasteiger partial charge in [-0.05, 0) is 26.8 Å². The third kappa shape index (κ3) is 7.43. The van der Waals surface area contributed by atoms with Crippen LogP contribution in [0.15, 0.2) is 10.4 Å². The van der Waals surface area contributed by atoms with Gasteiger partial charge in [0.25, 0.3) is 0 Å². The average Bonchev–Trinajstić information content (AvgIpc) is 3.27. The third-order valence-corrected chi connectivity index (χ3v) is 5.84. The Bertz CT molecular complexity index is 802. The Kier molecular flexibility index (Phi) is 10.4. The molecule has 1 aliphatic rings. The summed E-state index contributed by atoms with van der Waals surface area (Å²) in [6.45, 7) is 10.9. The summed E-state index contributed by atoms with van der Waals surface area (Å²) >= 11 is 1.67. The smallest absolute Gasteiger partial charge is 0.194 e. The van der Waals surface area contributed by atoms with E-state index in [0.717, 1.165) is 80.7 Å². The van der Waals surface area contributed by atoms with Crippen LogP contribution < -0.4 is 5.32 Å². The van der Waals surface area contributed by atoms with E-state index in [1.807, 2.05) is 32.5 Å². The molecular formula is C19H33IN8OS. The Morgan fingerprint density at radius 3 is 2.70 bits per heavy atom. The molecule has 1 aliphatic heterocycles. The van der Waals surface area contributed by atoms with Gasteiger partial charge in [0, 0.05) is 39.1 Å². The number of nitrogens with one attached hydrogen (secondary N) is 1. The van der Waals surface area contributed by atoms with Crippen LogP contribution in [0.1, 0.15) is 28.8 Å². The van der Waals surface area contributed by atoms with Gasteiger partial charge in [-0.3, -0.25) is 4.90 Å². The van der Waals surface area contributed by atoms with Crippen molar-refractivity contribution in [3.63, 3.8) is 0 Å². The monoisotopic (exact) mass is 548 g/mol. The van der Waals surface area contributed by atoms with Crippen LogP contribution in [0, 0.1) is 13.8 Å². The Morgan fingerprint density at radius 2 is 2.07 bits per heavy atom. The van der Waals surface area contributed by atoms with Crippen molar-refractivity contribution in [2.75, 3.05) is 46.4 Å². The van der Waals surface area contributed by atoms with Gasteiger partial charge < -0.3 is 19.5 Å². The second-order valence-corrected chi connectivity index (χ2v) is 8.37. The first-order valence-corrected chi connectivity index (χ1v) is 11.0. The topological polar surface area (TPSA) is 83.7 Å². The van der Waals surface area contributed by atoms with Crippen molar-refractivity contribution in [2.45, 2.75) is 33.4 Å². The number of ether oxygens (including phenoxy) is 1. The first-order chi connectivity index (χ1) is 14.0. The Hall–Kier alpha value is -1.31. The summed E-state index contributed by atoms with van der Waals surface area (Å²) < 4.78 is 7.39. The normalized spacial score (nSPS) is 15.1. The molecule has 168 valence electrons. The maximum Gasteiger partial charge on any atom is 0.194 e. The van der Waals surface area contributed by atoms with Crippen molar-refractivity contribution < 1.29 is 4.74 Å². The predicted molar refractivity (Wildman–Crippen MR) is 130 cm³/mol. The highest BCUT2D eigenvalue weighted by Gasteiger charge is 2.12. The van der Waals surface area contributed by atoms with E-state index in [1.54, 1.807) is 11.3 Å². The van der Waals surface area contributed by atoms with E-state index >= 15 is 0 Å². The van der Waals surface area contributed by atoms with E-state index in [0.29, 0.717) is 6.54 Å². The van der Waals surface area contributed by atoms with Crippen LogP contribution in [0.4, 0.5) is 0 Å². The van der Waals surface area contributed by atoms with Crippen LogP contribution in [0.3, 0.4) is 0 Å². The fourth-order valence-electron chi connectivity index (χ4n) is 3.17. The van der Waals surface area contributed by atoms with Crippen molar-refractivity contribution in [3.8, 4) is 0 Å². The molecular weight excluding hydrogens is 515 g/mol. The van der Waals surface area contributed by atoms with Gasteiger partial charge in [0.15, 0.2) is 11.8 Å². The molecule has 30 heavy (non-hydrogen) atoms. The molecule has 2 aromatic heterocycles. The zero-order valence-corrected chi connectivity index (χ0v) is 21.4. The van der Waals surface area contributed by atoms with E-state index in [2.05, 4.69) is 35.7 Å². The van der Waals surface area contributed by atoms with Crippen LogP contribution in [-0.2, 0) is 24.9 Å². The van der Waals surface area contributed by atoms with E-state index < -0.39 is 0 Å². The van der Waals surface area contributed by atoms with Crippen molar-refractivity contribution >= 4 is 41.3 Å². The van der Waals surface area contributed by atoms with Gasteiger partial charge in [0.05, 0.1) is 30.5 Å². The van der Waals surface area contributed by atoms with Crippen LogP contribution in [0.2, 0.25) is 0 Å². The number of rotatable bonds is 8. The second-order valence-electron chi connectivity index (χ2n) is 7.31. The van der Waals surface area contributed by atoms with E-state index in [9.17, 15) is 0 Å². The Balaban J connectivity index is 0.00000320. The zero-order valence-electron chi connectivity index (χ0n) is 18.3. The van der Waals surface area contributed by atoms with Crippen LogP contribution >= 0.6 is 35.3 Å². The fourth-order valence-corrected chi connectivity index (χ4v) is 3.78. The summed E-state index contributed by atoms with van der Waals surface area (Å²) in [6.07, 6.45) is 1.06. The summed E-state index contributed by atoms with van der Waals surface area (Å²) in [6, 6.07) is 0. The first kappa shape index (κ1) is 25.0. The molecule has 3 rings (SSSR count). The molecule has 0 bridgehead atoms. The highest BCUT2D eigenvalue weighted by molar-refractivity contribution is 14.0. The van der Waals surface area contributed by atoms with Gasteiger partial charge in [0.2, 0.25) is 0 Å². The van der Waals surface area contributed by atoms with Crippen LogP contribution in [-0.4, -0.2) is 81.9 Å². The van der Waals surface area contributed by atoms with Gasteiger partial charge in [0.1, 0.15) is 12.4 Å². The number of aryl methyl sites for hydroxylation is 2. The summed E-state index contributed by atoms with van der Waals surface area (Å²) in [7, 11) is 4.02. The zero-order chi connectivity index (χ0) is 20.6. The van der Waals surface area contributed by atoms with Crippen molar-refractivity contribution in [1.29, 1.82) is 0 Å². The molecule has 9 nitrogen and oxygen atoms in total. The number of nitrogens with zero attached hydrogens (tertiary/aromatic N) is 7. The standard InChI is InChI=1S/C19H32N8OS.HI/c1-15-23-24-18(26(15)4)12-21-19(25(3)13-17-14-29-16(2)22-17)20-6-5-7-27-8-10-28-11-9-27;/h14H,5-13H2,1-4H3,(H,20,21);1H. The minimum Gasteiger partial charge on any atom is -0.379 e. The summed E-state index contributed by atoms with van der Waals surface area (Å²) in [5, 5.41) is 15.1. The molecule has 11 heteroatoms. The van der Waals surface area contributed by atoms with Crippen molar-refractivity contribution in [3.05, 3.63) is 27.7 Å². The molecule has 2 aromatic rings. The number of aromatic nitrogens is 4. The van der Waals surface area contributed by atoms with Gasteiger partial charge >= 0.3 is 0 Å². The lowest BCUT2D eigenvalue weighted by atomic mass is 10.3. The summed E-state index contributed by atoms with van der Waals surface area (Å²) in [4.78, 5) is 13.9. The van der Waals surface area contributed by atoms with E-state index in [-0.39, 0.29) is 24.0 Å². The van der Waals surface area contributed by atoms with Crippen LogP contribution in [0.25, 0.3) is 0 Å². The molecule has 1 N–H and O–H groups in total. The molecule has 0 aromatic carbocycles. The maximum absolute atomic E-state index is 5.42. The average molecular weight is 548 g/mol. The molecule has 0 atom stereocenters. The Labute approximate surface area is 200 Å². The third-order valence-electron chi connectivity index (χ3n) is 5.02. The number of halogens is 1. The molecule has 1 saturated heterocycles. The lowest BCUT2D eigenvalue weighted by Crippen LogP contribution is -2.41. The number of thiazole rings is 1. The summed E-state index contributed by atoms with van der Waals surface area (Å²) in [5.74, 6) is 2.60. The van der Waals surface area contributed by atoms with Crippen LogP contribution in [0.5, 0.6) is 0 Å². The number of morpholine rings is 1. The van der Waals surface area contributed by atoms with E-state index in [1.165, 1.54) is 0 Å². The van der Waals surface area contributed by atoms with Gasteiger partial charge in [-0.15, -0.1) is 45.5 Å². The lowest BCUT2D eigenvalue weighted by Gasteiger charge is -2.27. The number of guanidine groups is 1. The Morgan fingerprint density at radius 1 is 1.30 bits per heavy atom. The van der Waals surface area contributed by atoms with Gasteiger partial charge in [-0.25, -0.2) is 9.98 Å². The minimum absolute atomic E-state index is 0. The highest BCUT2D eigenvalue weighted by atomic mass is 127. The lowest BCUT2D eigenvalue weighted by molar-refractivity contribution is 0.0375. The molecule has 0 unspecified atom stereocenters. The first-order valence-electron chi connectivity index (χ1n) is 10.1. The molecule has 0 radical (unpaired) electrons.